The van der Waals surface area contributed by atoms with E-state index in [1.807, 2.05) is 18.2 Å². The van der Waals surface area contributed by atoms with Gasteiger partial charge in [0.1, 0.15) is 0 Å². The zero-order valence-corrected chi connectivity index (χ0v) is 16.6. The molecule has 2 rings (SSSR count). The van der Waals surface area contributed by atoms with Crippen LogP contribution in [0, 0.1) is 0 Å². The Labute approximate surface area is 163 Å². The fourth-order valence-corrected chi connectivity index (χ4v) is 2.82. The number of ether oxygens (including phenoxy) is 1. The number of carbonyl (C=O) groups excluding carboxylic acids is 1. The molecule has 4 heteroatoms. The molecule has 1 N–H and O–H groups in total. The second kappa shape index (κ2) is 12.3. The van der Waals surface area contributed by atoms with Crippen LogP contribution in [0.1, 0.15) is 36.5 Å². The first-order chi connectivity index (χ1) is 13.2. The lowest BCUT2D eigenvalue weighted by atomic mass is 10.1. The Balaban J connectivity index is 1.57. The number of benzene rings is 2. The molecule has 0 aliphatic carbocycles. The van der Waals surface area contributed by atoms with Crippen LogP contribution in [-0.4, -0.2) is 37.6 Å². The van der Waals surface area contributed by atoms with Crippen LogP contribution in [0.5, 0.6) is 0 Å². The summed E-state index contributed by atoms with van der Waals surface area (Å²) >= 11 is 0. The average molecular weight is 369 g/mol. The largest absolute Gasteiger partial charge is 0.381 e. The van der Waals surface area contributed by atoms with Gasteiger partial charge in [-0.15, -0.1) is 0 Å². The molecule has 146 valence electrons. The molecule has 0 radical (unpaired) electrons. The lowest BCUT2D eigenvalue weighted by Gasteiger charge is -2.14. The maximum atomic E-state index is 12.0. The zero-order chi connectivity index (χ0) is 19.3. The molecule has 0 unspecified atom stereocenters. The van der Waals surface area contributed by atoms with Gasteiger partial charge in [-0.2, -0.15) is 0 Å². The summed E-state index contributed by atoms with van der Waals surface area (Å²) in [6.45, 7) is 6.00. The third kappa shape index (κ3) is 8.85. The number of nitrogens with one attached hydrogen (secondary N) is 1. The van der Waals surface area contributed by atoms with Crippen molar-refractivity contribution in [2.45, 2.75) is 39.3 Å². The van der Waals surface area contributed by atoms with Crippen LogP contribution < -0.4 is 5.32 Å². The second-order valence-corrected chi connectivity index (χ2v) is 6.88. The first-order valence-electron chi connectivity index (χ1n) is 9.82. The SMILES string of the molecule is CCN(C)Cc1cccc(CNC(=O)CCCOCCc2ccccc2)c1. The summed E-state index contributed by atoms with van der Waals surface area (Å²) in [5.74, 6) is 0.0812. The molecule has 2 aromatic carbocycles. The van der Waals surface area contributed by atoms with Gasteiger partial charge >= 0.3 is 0 Å². The highest BCUT2D eigenvalue weighted by atomic mass is 16.5. The van der Waals surface area contributed by atoms with Crippen molar-refractivity contribution < 1.29 is 9.53 Å². The summed E-state index contributed by atoms with van der Waals surface area (Å²) in [4.78, 5) is 14.3. The fourth-order valence-electron chi connectivity index (χ4n) is 2.82. The first kappa shape index (κ1) is 21.1. The molecule has 0 heterocycles. The van der Waals surface area contributed by atoms with Crippen molar-refractivity contribution in [3.63, 3.8) is 0 Å². The predicted octanol–water partition coefficient (Wildman–Crippen LogP) is 3.79. The molecular weight excluding hydrogens is 336 g/mol. The Kier molecular flexibility index (Phi) is 9.60. The van der Waals surface area contributed by atoms with Crippen molar-refractivity contribution in [2.24, 2.45) is 0 Å². The normalized spacial score (nSPS) is 10.9. The van der Waals surface area contributed by atoms with Gasteiger partial charge in [-0.05, 0) is 43.1 Å². The topological polar surface area (TPSA) is 41.6 Å². The molecule has 1 amide bonds. The van der Waals surface area contributed by atoms with Crippen LogP contribution in [0.4, 0.5) is 0 Å². The zero-order valence-electron chi connectivity index (χ0n) is 16.6. The van der Waals surface area contributed by atoms with Crippen molar-refractivity contribution in [2.75, 3.05) is 26.8 Å². The van der Waals surface area contributed by atoms with E-state index in [0.29, 0.717) is 26.2 Å². The standard InChI is InChI=1S/C23H32N2O2/c1-3-25(2)19-22-12-7-11-21(17-22)18-24-23(26)13-8-15-27-16-14-20-9-5-4-6-10-20/h4-7,9-12,17H,3,8,13-16,18-19H2,1-2H3,(H,24,26). The van der Waals surface area contributed by atoms with Gasteiger partial charge in [0.15, 0.2) is 0 Å². The summed E-state index contributed by atoms with van der Waals surface area (Å²) in [7, 11) is 2.11. The maximum Gasteiger partial charge on any atom is 0.220 e. The number of rotatable bonds is 12. The minimum atomic E-state index is 0.0812. The van der Waals surface area contributed by atoms with Crippen molar-refractivity contribution in [1.29, 1.82) is 0 Å². The van der Waals surface area contributed by atoms with Crippen molar-refractivity contribution in [3.8, 4) is 0 Å². The molecule has 2 aromatic rings. The molecule has 0 aromatic heterocycles. The third-order valence-corrected chi connectivity index (χ3v) is 4.54. The molecular formula is C23H32N2O2. The van der Waals surface area contributed by atoms with Gasteiger partial charge in [0, 0.05) is 26.1 Å². The summed E-state index contributed by atoms with van der Waals surface area (Å²) < 4.78 is 5.63. The van der Waals surface area contributed by atoms with Crippen molar-refractivity contribution in [3.05, 3.63) is 71.3 Å². The molecule has 0 aliphatic rings. The quantitative estimate of drug-likeness (QED) is 0.580. The number of amides is 1. The molecule has 0 saturated carbocycles. The monoisotopic (exact) mass is 368 g/mol. The Hall–Kier alpha value is -2.17. The summed E-state index contributed by atoms with van der Waals surface area (Å²) in [6, 6.07) is 18.7. The van der Waals surface area contributed by atoms with Crippen molar-refractivity contribution >= 4 is 5.91 Å². The first-order valence-corrected chi connectivity index (χ1v) is 9.82. The van der Waals surface area contributed by atoms with Crippen LogP contribution >= 0.6 is 0 Å². The lowest BCUT2D eigenvalue weighted by Crippen LogP contribution is -2.23. The van der Waals surface area contributed by atoms with Crippen LogP contribution in [0.3, 0.4) is 0 Å². The molecule has 0 bridgehead atoms. The van der Waals surface area contributed by atoms with Gasteiger partial charge in [0.05, 0.1) is 6.61 Å². The van der Waals surface area contributed by atoms with Crippen LogP contribution in [0.25, 0.3) is 0 Å². The smallest absolute Gasteiger partial charge is 0.220 e. The minimum absolute atomic E-state index is 0.0812. The molecule has 0 atom stereocenters. The van der Waals surface area contributed by atoms with E-state index in [1.54, 1.807) is 0 Å². The number of hydrogen-bond acceptors (Lipinski definition) is 3. The van der Waals surface area contributed by atoms with Gasteiger partial charge < -0.3 is 15.0 Å². The van der Waals surface area contributed by atoms with E-state index in [2.05, 4.69) is 60.6 Å². The van der Waals surface area contributed by atoms with E-state index >= 15 is 0 Å². The fraction of sp³-hybridized carbons (Fsp3) is 0.435. The Morgan fingerprint density at radius 1 is 1.00 bits per heavy atom. The Morgan fingerprint density at radius 3 is 2.52 bits per heavy atom. The molecule has 27 heavy (non-hydrogen) atoms. The van der Waals surface area contributed by atoms with Crippen LogP contribution in [0.15, 0.2) is 54.6 Å². The van der Waals surface area contributed by atoms with Crippen LogP contribution in [-0.2, 0) is 29.0 Å². The van der Waals surface area contributed by atoms with Gasteiger partial charge in [0.25, 0.3) is 0 Å². The predicted molar refractivity (Wildman–Crippen MR) is 110 cm³/mol. The van der Waals surface area contributed by atoms with E-state index in [4.69, 9.17) is 4.74 Å². The van der Waals surface area contributed by atoms with E-state index in [1.165, 1.54) is 11.1 Å². The Bertz CT molecular complexity index is 673. The van der Waals surface area contributed by atoms with Gasteiger partial charge in [0.2, 0.25) is 5.91 Å². The van der Waals surface area contributed by atoms with Crippen molar-refractivity contribution in [1.82, 2.24) is 10.2 Å². The van der Waals surface area contributed by atoms with Crippen LogP contribution in [0.2, 0.25) is 0 Å². The lowest BCUT2D eigenvalue weighted by molar-refractivity contribution is -0.121. The highest BCUT2D eigenvalue weighted by Crippen LogP contribution is 2.08. The molecule has 4 nitrogen and oxygen atoms in total. The molecule has 0 fully saturated rings. The highest BCUT2D eigenvalue weighted by molar-refractivity contribution is 5.75. The summed E-state index contributed by atoms with van der Waals surface area (Å²) in [6.07, 6.45) is 2.17. The Morgan fingerprint density at radius 2 is 1.74 bits per heavy atom. The summed E-state index contributed by atoms with van der Waals surface area (Å²) in [5.41, 5.74) is 3.70. The third-order valence-electron chi connectivity index (χ3n) is 4.54. The second-order valence-electron chi connectivity index (χ2n) is 6.88. The van der Waals surface area contributed by atoms with Gasteiger partial charge in [-0.1, -0.05) is 61.5 Å². The van der Waals surface area contributed by atoms with Gasteiger partial charge in [-0.25, -0.2) is 0 Å². The molecule has 0 spiro atoms. The van der Waals surface area contributed by atoms with Gasteiger partial charge in [-0.3, -0.25) is 4.79 Å². The minimum Gasteiger partial charge on any atom is -0.381 e. The maximum absolute atomic E-state index is 12.0. The number of carbonyl (C=O) groups is 1. The number of nitrogens with zero attached hydrogens (tertiary/aromatic N) is 1. The van der Waals surface area contributed by atoms with E-state index in [0.717, 1.165) is 31.5 Å². The van der Waals surface area contributed by atoms with E-state index < -0.39 is 0 Å². The molecule has 0 aliphatic heterocycles. The van der Waals surface area contributed by atoms with E-state index in [9.17, 15) is 4.79 Å². The summed E-state index contributed by atoms with van der Waals surface area (Å²) in [5, 5.41) is 3.00. The molecule has 0 saturated heterocycles. The average Bonchev–Trinajstić information content (AvgIpc) is 2.70. The van der Waals surface area contributed by atoms with E-state index in [-0.39, 0.29) is 5.91 Å². The highest BCUT2D eigenvalue weighted by Gasteiger charge is 2.03. The number of hydrogen-bond donors (Lipinski definition) is 1.